The Bertz CT molecular complexity index is 923. The molecule has 3 rings (SSSR count). The minimum absolute atomic E-state index is 0.00519. The molecule has 0 fully saturated rings. The van der Waals surface area contributed by atoms with E-state index in [1.165, 1.54) is 6.07 Å². The van der Waals surface area contributed by atoms with E-state index in [4.69, 9.17) is 5.73 Å². The lowest BCUT2D eigenvalue weighted by Gasteiger charge is -2.21. The predicted octanol–water partition coefficient (Wildman–Crippen LogP) is 2.65. The van der Waals surface area contributed by atoms with Crippen LogP contribution in [0.5, 0.6) is 0 Å². The maximum Gasteiger partial charge on any atom is 0.219 e. The van der Waals surface area contributed by atoms with Gasteiger partial charge in [-0.1, -0.05) is 36.4 Å². The molecule has 0 aliphatic carbocycles. The summed E-state index contributed by atoms with van der Waals surface area (Å²) in [6.45, 7) is 1.93. The highest BCUT2D eigenvalue weighted by atomic mass is 19.1. The van der Waals surface area contributed by atoms with Crippen molar-refractivity contribution < 1.29 is 14.3 Å². The number of hydrogen-bond acceptors (Lipinski definition) is 3. The van der Waals surface area contributed by atoms with Crippen LogP contribution in [0.4, 0.5) is 4.39 Å². The van der Waals surface area contributed by atoms with Gasteiger partial charge in [-0.15, -0.1) is 0 Å². The standard InChI is InChI=1S/C21H24FN3O2/c22-19-7-3-1-5-16(19)13-24(11-12-26)14-17-15-25(10-9-21(23)27)20-8-4-2-6-18(17)20/h1-8,15,26H,9-14H2,(H2,23,27). The number of amides is 1. The van der Waals surface area contributed by atoms with Gasteiger partial charge in [-0.25, -0.2) is 4.39 Å². The Hall–Kier alpha value is -2.70. The number of carbonyl (C=O) groups is 1. The molecule has 0 bridgehead atoms. The fourth-order valence-electron chi connectivity index (χ4n) is 3.33. The molecule has 0 radical (unpaired) electrons. The van der Waals surface area contributed by atoms with Crippen LogP contribution in [0.3, 0.4) is 0 Å². The van der Waals surface area contributed by atoms with Gasteiger partial charge in [-0.3, -0.25) is 9.69 Å². The zero-order valence-corrected chi connectivity index (χ0v) is 15.1. The van der Waals surface area contributed by atoms with Crippen molar-refractivity contribution >= 4 is 16.8 Å². The van der Waals surface area contributed by atoms with Crippen LogP contribution in [0.2, 0.25) is 0 Å². The highest BCUT2D eigenvalue weighted by molar-refractivity contribution is 5.84. The number of aliphatic hydroxyl groups is 1. The SMILES string of the molecule is NC(=O)CCn1cc(CN(CCO)Cc2ccccc2F)c2ccccc21. The van der Waals surface area contributed by atoms with Crippen molar-refractivity contribution in [3.8, 4) is 0 Å². The molecule has 0 atom stereocenters. The lowest BCUT2D eigenvalue weighted by molar-refractivity contribution is -0.118. The van der Waals surface area contributed by atoms with Gasteiger partial charge in [0.25, 0.3) is 0 Å². The van der Waals surface area contributed by atoms with Gasteiger partial charge in [0, 0.05) is 55.3 Å². The van der Waals surface area contributed by atoms with E-state index >= 15 is 0 Å². The van der Waals surface area contributed by atoms with Crippen LogP contribution in [0.15, 0.2) is 54.7 Å². The second-order valence-electron chi connectivity index (χ2n) is 6.61. The largest absolute Gasteiger partial charge is 0.395 e. The molecule has 6 heteroatoms. The Kier molecular flexibility index (Phi) is 6.21. The van der Waals surface area contributed by atoms with Gasteiger partial charge in [0.15, 0.2) is 0 Å². The Balaban J connectivity index is 1.86. The molecule has 1 heterocycles. The third-order valence-electron chi connectivity index (χ3n) is 4.63. The highest BCUT2D eigenvalue weighted by Gasteiger charge is 2.14. The maximum atomic E-state index is 14.0. The Morgan fingerprint density at radius 3 is 2.52 bits per heavy atom. The van der Waals surface area contributed by atoms with Crippen molar-refractivity contribution in [2.24, 2.45) is 5.73 Å². The van der Waals surface area contributed by atoms with E-state index in [-0.39, 0.29) is 24.8 Å². The number of benzene rings is 2. The number of aliphatic hydroxyl groups excluding tert-OH is 1. The topological polar surface area (TPSA) is 71.5 Å². The molecular weight excluding hydrogens is 345 g/mol. The van der Waals surface area contributed by atoms with Crippen molar-refractivity contribution in [1.29, 1.82) is 0 Å². The third-order valence-corrected chi connectivity index (χ3v) is 4.63. The first-order valence-corrected chi connectivity index (χ1v) is 9.00. The van der Waals surface area contributed by atoms with Crippen LogP contribution in [0.25, 0.3) is 10.9 Å². The monoisotopic (exact) mass is 369 g/mol. The van der Waals surface area contributed by atoms with Gasteiger partial charge < -0.3 is 15.4 Å². The Labute approximate surface area is 157 Å². The molecule has 2 aromatic carbocycles. The van der Waals surface area contributed by atoms with E-state index in [0.717, 1.165) is 16.5 Å². The van der Waals surface area contributed by atoms with Crippen LogP contribution in [0, 0.1) is 5.82 Å². The van der Waals surface area contributed by atoms with Gasteiger partial charge in [0.2, 0.25) is 5.91 Å². The lowest BCUT2D eigenvalue weighted by atomic mass is 10.1. The average Bonchev–Trinajstić information content (AvgIpc) is 3.00. The molecule has 0 aliphatic heterocycles. The van der Waals surface area contributed by atoms with Gasteiger partial charge in [0.1, 0.15) is 5.82 Å². The average molecular weight is 369 g/mol. The van der Waals surface area contributed by atoms with Crippen molar-refractivity contribution in [3.05, 3.63) is 71.7 Å². The first kappa shape index (κ1) is 19.1. The van der Waals surface area contributed by atoms with Gasteiger partial charge in [-0.05, 0) is 17.7 Å². The Morgan fingerprint density at radius 1 is 1.07 bits per heavy atom. The summed E-state index contributed by atoms with van der Waals surface area (Å²) >= 11 is 0. The van der Waals surface area contributed by atoms with E-state index < -0.39 is 0 Å². The molecule has 1 aromatic heterocycles. The summed E-state index contributed by atoms with van der Waals surface area (Å²) in [6.07, 6.45) is 2.28. The number of halogens is 1. The number of fused-ring (bicyclic) bond motifs is 1. The quantitative estimate of drug-likeness (QED) is 0.609. The summed E-state index contributed by atoms with van der Waals surface area (Å²) in [7, 11) is 0. The van der Waals surface area contributed by atoms with Crippen LogP contribution >= 0.6 is 0 Å². The molecule has 0 spiro atoms. The van der Waals surface area contributed by atoms with E-state index in [2.05, 4.69) is 0 Å². The van der Waals surface area contributed by atoms with E-state index in [0.29, 0.717) is 31.7 Å². The number of nitrogens with zero attached hydrogens (tertiary/aromatic N) is 2. The van der Waals surface area contributed by atoms with Gasteiger partial charge in [-0.2, -0.15) is 0 Å². The molecule has 5 nitrogen and oxygen atoms in total. The number of carbonyl (C=O) groups excluding carboxylic acids is 1. The number of rotatable bonds is 9. The van der Waals surface area contributed by atoms with Crippen molar-refractivity contribution in [3.63, 3.8) is 0 Å². The molecule has 0 aliphatic rings. The number of hydrogen-bond donors (Lipinski definition) is 2. The number of aryl methyl sites for hydroxylation is 1. The molecular formula is C21H24FN3O2. The molecule has 27 heavy (non-hydrogen) atoms. The summed E-state index contributed by atoms with van der Waals surface area (Å²) in [5.41, 5.74) is 7.99. The molecule has 142 valence electrons. The zero-order chi connectivity index (χ0) is 19.2. The normalized spacial score (nSPS) is 11.4. The number of primary amides is 1. The predicted molar refractivity (Wildman–Crippen MR) is 103 cm³/mol. The van der Waals surface area contributed by atoms with Crippen LogP contribution in [0.1, 0.15) is 17.5 Å². The number of nitrogens with two attached hydrogens (primary N) is 1. The van der Waals surface area contributed by atoms with Crippen molar-refractivity contribution in [2.45, 2.75) is 26.1 Å². The van der Waals surface area contributed by atoms with Gasteiger partial charge in [0.05, 0.1) is 6.61 Å². The summed E-state index contributed by atoms with van der Waals surface area (Å²) in [6, 6.07) is 14.7. The summed E-state index contributed by atoms with van der Waals surface area (Å²) in [5, 5.41) is 10.5. The maximum absolute atomic E-state index is 14.0. The number of aromatic nitrogens is 1. The Morgan fingerprint density at radius 2 is 1.78 bits per heavy atom. The zero-order valence-electron chi connectivity index (χ0n) is 15.1. The summed E-state index contributed by atoms with van der Waals surface area (Å²) < 4.78 is 16.0. The molecule has 0 saturated carbocycles. The lowest BCUT2D eigenvalue weighted by Crippen LogP contribution is -2.26. The first-order chi connectivity index (χ1) is 13.1. The molecule has 1 amide bonds. The minimum atomic E-state index is -0.337. The summed E-state index contributed by atoms with van der Waals surface area (Å²) in [4.78, 5) is 13.2. The number of para-hydroxylation sites is 1. The molecule has 0 unspecified atom stereocenters. The molecule has 3 aromatic rings. The van der Waals surface area contributed by atoms with Crippen LogP contribution in [-0.2, 0) is 24.4 Å². The van der Waals surface area contributed by atoms with Crippen LogP contribution < -0.4 is 5.73 Å². The fourth-order valence-corrected chi connectivity index (χ4v) is 3.33. The van der Waals surface area contributed by atoms with E-state index in [1.54, 1.807) is 12.1 Å². The van der Waals surface area contributed by atoms with Crippen molar-refractivity contribution in [2.75, 3.05) is 13.2 Å². The summed E-state index contributed by atoms with van der Waals surface area (Å²) in [5.74, 6) is -0.583. The van der Waals surface area contributed by atoms with Gasteiger partial charge >= 0.3 is 0 Å². The third kappa shape index (κ3) is 4.72. The first-order valence-electron chi connectivity index (χ1n) is 9.00. The minimum Gasteiger partial charge on any atom is -0.395 e. The molecule has 0 saturated heterocycles. The smallest absolute Gasteiger partial charge is 0.219 e. The second kappa shape index (κ2) is 8.79. The fraction of sp³-hybridized carbons (Fsp3) is 0.286. The highest BCUT2D eigenvalue weighted by Crippen LogP contribution is 2.24. The van der Waals surface area contributed by atoms with E-state index in [9.17, 15) is 14.3 Å². The van der Waals surface area contributed by atoms with Crippen LogP contribution in [-0.4, -0.2) is 33.6 Å². The van der Waals surface area contributed by atoms with E-state index in [1.807, 2.05) is 46.0 Å². The van der Waals surface area contributed by atoms with Crippen molar-refractivity contribution in [1.82, 2.24) is 9.47 Å². The second-order valence-corrected chi connectivity index (χ2v) is 6.61. The molecule has 3 N–H and O–H groups in total.